The van der Waals surface area contributed by atoms with E-state index < -0.39 is 97.5 Å². The van der Waals surface area contributed by atoms with Crippen LogP contribution in [0.2, 0.25) is 0 Å². The Balaban J connectivity index is 5.61. The Morgan fingerprint density at radius 2 is 0.482 bits per heavy atom. The molecular weight excluding hydrogens is 1470 g/mol. The van der Waals surface area contributed by atoms with Gasteiger partial charge in [-0.05, 0) is 193 Å². The molecule has 0 heterocycles. The molecule has 0 amide bonds. The molecule has 0 fully saturated rings. The lowest BCUT2D eigenvalue weighted by Gasteiger charge is -2.21. The number of unbranched alkanes of at least 4 members (excludes halogenated alkanes) is 10. The SMILES string of the molecule is CC/C=C\C/C=C\C/C=C\C/C=C\C/C=C\C/C=C\CCC(=O)OC[C@H](COP(=O)(O)OC[C@@H](O)COP(=O)(O)OC[C@@H](COC(=O)CCCCC/C=C\C/C=C\C/C=C\C/C=C\C/C=C\CC)OC(=O)CCC/C=C\C/C=C\C/C=C\C/C=C\CCCCC)OC(=O)CCCCC/C=C\C/C=C\C/C=C\C/C=C\C/C=C\CC. The summed E-state index contributed by atoms with van der Waals surface area (Å²) in [5.74, 6) is -2.45. The van der Waals surface area contributed by atoms with E-state index in [-0.39, 0.29) is 25.7 Å². The van der Waals surface area contributed by atoms with Gasteiger partial charge in [0.1, 0.15) is 19.3 Å². The molecule has 0 spiro atoms. The molecule has 5 atom stereocenters. The minimum atomic E-state index is -5.03. The standard InChI is InChI=1S/C95H146O17P2/c1-5-9-13-17-21-25-29-33-37-41-44-48-51-55-59-63-67-71-75-79-92(97)105-85-90(111-94(99)81-77-73-69-65-61-57-53-47-40-36-32-28-24-20-16-12-8-4)87-109-113(101,102)107-83-89(96)84-108-114(103,104)110-88-91(112-95(100)82-78-74-70-66-62-58-54-50-46-43-39-35-31-27-23-19-15-11-7-3)86-106-93(98)80-76-72-68-64-60-56-52-49-45-42-38-34-30-26-22-18-14-10-6-2/h9-11,13-15,21-28,33-40,44-46,48-50,53,55-60,62,65,68-69,72,89-91,96H,5-8,12,16-20,29-32,41-43,47,51-52,54,61,63-64,66-67,70-71,73-88H2,1-4H3,(H,101,102)(H,103,104)/b13-9-,14-10-,15-11-,25-21-,26-22-,27-23-,28-24-,37-33-,38-34-,39-35-,40-36-,48-44-,49-45-,50-46-,57-53-,59-55-,60-56-,62-58-,69-65-,72-68-/t89-,90+,91+/m0/s1. The fourth-order valence-electron chi connectivity index (χ4n) is 10.00. The molecule has 0 aliphatic rings. The lowest BCUT2D eigenvalue weighted by atomic mass is 10.1. The Labute approximate surface area is 688 Å². The van der Waals surface area contributed by atoms with Crippen LogP contribution in [0.5, 0.6) is 0 Å². The number of aliphatic hydroxyl groups is 1. The highest BCUT2D eigenvalue weighted by Crippen LogP contribution is 2.45. The van der Waals surface area contributed by atoms with Crippen LogP contribution in [-0.4, -0.2) is 96.7 Å². The molecule has 0 aliphatic carbocycles. The zero-order chi connectivity index (χ0) is 83.1. The van der Waals surface area contributed by atoms with E-state index in [0.717, 1.165) is 161 Å². The zero-order valence-corrected chi connectivity index (χ0v) is 71.7. The number of aliphatic hydroxyl groups excluding tert-OH is 1. The molecule has 2 unspecified atom stereocenters. The molecular formula is C95H146O17P2. The highest BCUT2D eigenvalue weighted by molar-refractivity contribution is 7.47. The summed E-state index contributed by atoms with van der Waals surface area (Å²) in [6, 6.07) is 0. The smallest absolute Gasteiger partial charge is 0.462 e. The second kappa shape index (κ2) is 83.8. The van der Waals surface area contributed by atoms with Crippen LogP contribution in [0, 0.1) is 0 Å². The van der Waals surface area contributed by atoms with Gasteiger partial charge in [0.25, 0.3) is 0 Å². The van der Waals surface area contributed by atoms with Crippen molar-refractivity contribution in [1.29, 1.82) is 0 Å². The summed E-state index contributed by atoms with van der Waals surface area (Å²) in [6.07, 6.45) is 110. The average Bonchev–Trinajstić information content (AvgIpc) is 0.899. The van der Waals surface area contributed by atoms with Gasteiger partial charge in [-0.2, -0.15) is 0 Å². The fourth-order valence-corrected chi connectivity index (χ4v) is 11.6. The number of carbonyl (C=O) groups is 4. The van der Waals surface area contributed by atoms with Crippen LogP contribution in [0.3, 0.4) is 0 Å². The number of rotatable bonds is 76. The molecule has 0 aromatic carbocycles. The van der Waals surface area contributed by atoms with E-state index in [1.54, 1.807) is 0 Å². The zero-order valence-electron chi connectivity index (χ0n) is 69.9. The van der Waals surface area contributed by atoms with Crippen molar-refractivity contribution in [3.8, 4) is 0 Å². The molecule has 3 N–H and O–H groups in total. The molecule has 0 radical (unpaired) electrons. The summed E-state index contributed by atoms with van der Waals surface area (Å²) in [5, 5.41) is 10.7. The monoisotopic (exact) mass is 1620 g/mol. The van der Waals surface area contributed by atoms with Crippen LogP contribution in [0.4, 0.5) is 0 Å². The highest BCUT2D eigenvalue weighted by atomic mass is 31.2. The summed E-state index contributed by atoms with van der Waals surface area (Å²) in [4.78, 5) is 73.2. The van der Waals surface area contributed by atoms with Crippen molar-refractivity contribution in [3.63, 3.8) is 0 Å². The van der Waals surface area contributed by atoms with E-state index in [9.17, 15) is 43.2 Å². The number of esters is 4. The fraction of sp³-hybridized carbons (Fsp3) is 0.537. The maximum atomic E-state index is 13.1. The summed E-state index contributed by atoms with van der Waals surface area (Å²) in [5.41, 5.74) is 0. The van der Waals surface area contributed by atoms with Crippen LogP contribution < -0.4 is 0 Å². The molecule has 0 aliphatic heterocycles. The number of phosphoric ester groups is 2. The van der Waals surface area contributed by atoms with Crippen LogP contribution in [0.1, 0.15) is 272 Å². The Morgan fingerprint density at radius 3 is 0.772 bits per heavy atom. The largest absolute Gasteiger partial charge is 0.472 e. The average molecular weight is 1620 g/mol. The van der Waals surface area contributed by atoms with Gasteiger partial charge in [-0.25, -0.2) is 9.13 Å². The first-order chi connectivity index (χ1) is 55.7. The van der Waals surface area contributed by atoms with Gasteiger partial charge in [0, 0.05) is 25.7 Å². The predicted molar refractivity (Wildman–Crippen MR) is 472 cm³/mol. The van der Waals surface area contributed by atoms with Gasteiger partial charge >= 0.3 is 39.5 Å². The molecule has 0 rings (SSSR count). The lowest BCUT2D eigenvalue weighted by Crippen LogP contribution is -2.30. The van der Waals surface area contributed by atoms with Crippen molar-refractivity contribution in [2.45, 2.75) is 290 Å². The maximum Gasteiger partial charge on any atom is 0.472 e. The van der Waals surface area contributed by atoms with E-state index in [1.807, 2.05) is 30.4 Å². The maximum absolute atomic E-state index is 13.1. The number of carbonyl (C=O) groups excluding carboxylic acids is 4. The number of ether oxygens (including phenoxy) is 4. The summed E-state index contributed by atoms with van der Waals surface area (Å²) < 4.78 is 68.6. The number of phosphoric acid groups is 2. The minimum absolute atomic E-state index is 0.00223. The third-order valence-corrected chi connectivity index (χ3v) is 18.2. The summed E-state index contributed by atoms with van der Waals surface area (Å²) in [6.45, 7) is 4.24. The van der Waals surface area contributed by atoms with Crippen LogP contribution in [0.25, 0.3) is 0 Å². The first-order valence-electron chi connectivity index (χ1n) is 42.3. The van der Waals surface area contributed by atoms with E-state index in [1.165, 1.54) is 19.3 Å². The van der Waals surface area contributed by atoms with Crippen molar-refractivity contribution in [2.75, 3.05) is 39.6 Å². The molecule has 0 bridgehead atoms. The van der Waals surface area contributed by atoms with Crippen LogP contribution in [0.15, 0.2) is 243 Å². The van der Waals surface area contributed by atoms with Gasteiger partial charge in [-0.1, -0.05) is 296 Å². The van der Waals surface area contributed by atoms with E-state index in [2.05, 4.69) is 240 Å². The quantitative estimate of drug-likeness (QED) is 0.0169. The topological polar surface area (TPSA) is 237 Å². The Morgan fingerprint density at radius 1 is 0.254 bits per heavy atom. The van der Waals surface area contributed by atoms with Gasteiger partial charge in [0.05, 0.1) is 26.4 Å². The van der Waals surface area contributed by atoms with E-state index >= 15 is 0 Å². The molecule has 0 saturated carbocycles. The van der Waals surface area contributed by atoms with Crippen LogP contribution in [-0.2, 0) is 65.4 Å². The van der Waals surface area contributed by atoms with Gasteiger partial charge in [-0.3, -0.25) is 37.3 Å². The second-order valence-electron chi connectivity index (χ2n) is 26.9. The van der Waals surface area contributed by atoms with Crippen molar-refractivity contribution >= 4 is 39.5 Å². The van der Waals surface area contributed by atoms with Gasteiger partial charge in [0.2, 0.25) is 0 Å². The summed E-state index contributed by atoms with van der Waals surface area (Å²) in [7, 11) is -10.1. The van der Waals surface area contributed by atoms with Crippen molar-refractivity contribution in [2.24, 2.45) is 0 Å². The Hall–Kier alpha value is -7.14. The molecule has 0 aromatic heterocycles. The number of hydrogen-bond acceptors (Lipinski definition) is 15. The first kappa shape index (κ1) is 107. The normalized spacial score (nSPS) is 15.0. The van der Waals surface area contributed by atoms with Gasteiger partial charge in [0.15, 0.2) is 12.2 Å². The third kappa shape index (κ3) is 82.8. The van der Waals surface area contributed by atoms with Gasteiger partial charge in [-0.15, -0.1) is 0 Å². The number of hydrogen-bond donors (Lipinski definition) is 3. The lowest BCUT2D eigenvalue weighted by molar-refractivity contribution is -0.161. The molecule has 638 valence electrons. The van der Waals surface area contributed by atoms with Crippen LogP contribution >= 0.6 is 15.6 Å². The Kier molecular flexibility index (Phi) is 78.5. The third-order valence-electron chi connectivity index (χ3n) is 16.3. The summed E-state index contributed by atoms with van der Waals surface area (Å²) >= 11 is 0. The molecule has 114 heavy (non-hydrogen) atoms. The van der Waals surface area contributed by atoms with Crippen molar-refractivity contribution in [3.05, 3.63) is 243 Å². The highest BCUT2D eigenvalue weighted by Gasteiger charge is 2.30. The van der Waals surface area contributed by atoms with E-state index in [0.29, 0.717) is 38.5 Å². The van der Waals surface area contributed by atoms with E-state index in [4.69, 9.17) is 37.0 Å². The molecule has 19 heteroatoms. The number of allylic oxidation sites excluding steroid dienone is 40. The van der Waals surface area contributed by atoms with Crippen molar-refractivity contribution < 1.29 is 80.2 Å². The molecule has 0 aromatic rings. The molecule has 17 nitrogen and oxygen atoms in total. The Bertz CT molecular complexity index is 3120. The molecule has 0 saturated heterocycles. The minimum Gasteiger partial charge on any atom is -0.462 e. The predicted octanol–water partition coefficient (Wildman–Crippen LogP) is 25.6. The first-order valence-corrected chi connectivity index (χ1v) is 45.3. The van der Waals surface area contributed by atoms with Crippen molar-refractivity contribution in [1.82, 2.24) is 0 Å². The van der Waals surface area contributed by atoms with Gasteiger partial charge < -0.3 is 33.8 Å². The second-order valence-corrected chi connectivity index (χ2v) is 29.8.